The Labute approximate surface area is 165 Å². The largest absolute Gasteiger partial charge is 0.497 e. The SMILES string of the molecule is COc1ccc(CCN2CCN(S(=O)(=O)c3ccc(F)c(OC)c3)CC2)cc1. The summed E-state index contributed by atoms with van der Waals surface area (Å²) in [4.78, 5) is 2.30. The normalized spacial score (nSPS) is 16.1. The number of ether oxygens (including phenoxy) is 2. The summed E-state index contributed by atoms with van der Waals surface area (Å²) in [6, 6.07) is 11.6. The van der Waals surface area contributed by atoms with Gasteiger partial charge in [0.1, 0.15) is 5.75 Å². The molecule has 28 heavy (non-hydrogen) atoms. The van der Waals surface area contributed by atoms with Crippen molar-refractivity contribution in [3.05, 3.63) is 53.8 Å². The summed E-state index contributed by atoms with van der Waals surface area (Å²) in [5, 5.41) is 0. The number of methoxy groups -OCH3 is 2. The molecule has 1 aliphatic rings. The van der Waals surface area contributed by atoms with Crippen LogP contribution in [0.25, 0.3) is 0 Å². The van der Waals surface area contributed by atoms with Crippen molar-refractivity contribution in [2.24, 2.45) is 0 Å². The van der Waals surface area contributed by atoms with E-state index < -0.39 is 15.8 Å². The zero-order valence-electron chi connectivity index (χ0n) is 16.1. The van der Waals surface area contributed by atoms with Crippen LogP contribution >= 0.6 is 0 Å². The summed E-state index contributed by atoms with van der Waals surface area (Å²) < 4.78 is 50.7. The third kappa shape index (κ3) is 4.63. The molecule has 0 radical (unpaired) electrons. The zero-order chi connectivity index (χ0) is 20.1. The molecule has 1 fully saturated rings. The van der Waals surface area contributed by atoms with Crippen LogP contribution in [0.3, 0.4) is 0 Å². The van der Waals surface area contributed by atoms with Crippen molar-refractivity contribution in [3.63, 3.8) is 0 Å². The van der Waals surface area contributed by atoms with Gasteiger partial charge in [0.2, 0.25) is 10.0 Å². The highest BCUT2D eigenvalue weighted by molar-refractivity contribution is 7.89. The van der Waals surface area contributed by atoms with Crippen molar-refractivity contribution < 1.29 is 22.3 Å². The molecule has 1 heterocycles. The fourth-order valence-electron chi connectivity index (χ4n) is 3.22. The second-order valence-electron chi connectivity index (χ2n) is 6.64. The van der Waals surface area contributed by atoms with Crippen molar-refractivity contribution in [2.75, 3.05) is 46.9 Å². The fourth-order valence-corrected chi connectivity index (χ4v) is 4.66. The standard InChI is InChI=1S/C20H25FN2O4S/c1-26-17-5-3-16(4-6-17)9-10-22-11-13-23(14-12-22)28(24,25)18-7-8-19(21)20(15-18)27-2/h3-8,15H,9-14H2,1-2H3. The molecule has 0 amide bonds. The molecular formula is C20H25FN2O4S. The molecule has 2 aromatic carbocycles. The number of halogens is 1. The molecule has 0 aromatic heterocycles. The van der Waals surface area contributed by atoms with Gasteiger partial charge in [-0.05, 0) is 36.2 Å². The molecule has 0 unspecified atom stereocenters. The molecule has 0 aliphatic carbocycles. The van der Waals surface area contributed by atoms with E-state index in [1.54, 1.807) is 7.11 Å². The minimum Gasteiger partial charge on any atom is -0.497 e. The van der Waals surface area contributed by atoms with E-state index in [0.717, 1.165) is 24.8 Å². The highest BCUT2D eigenvalue weighted by Gasteiger charge is 2.29. The van der Waals surface area contributed by atoms with Gasteiger partial charge in [0.05, 0.1) is 19.1 Å². The first-order valence-corrected chi connectivity index (χ1v) is 10.6. The van der Waals surface area contributed by atoms with E-state index >= 15 is 0 Å². The second-order valence-corrected chi connectivity index (χ2v) is 8.58. The van der Waals surface area contributed by atoms with Crippen molar-refractivity contribution in [2.45, 2.75) is 11.3 Å². The lowest BCUT2D eigenvalue weighted by Crippen LogP contribution is -2.49. The first kappa shape index (κ1) is 20.6. The molecule has 0 spiro atoms. The number of nitrogens with zero attached hydrogens (tertiary/aromatic N) is 2. The number of benzene rings is 2. The summed E-state index contributed by atoms with van der Waals surface area (Å²) in [6.45, 7) is 3.00. The molecule has 152 valence electrons. The van der Waals surface area contributed by atoms with E-state index in [0.29, 0.717) is 26.2 Å². The van der Waals surface area contributed by atoms with Crippen LogP contribution < -0.4 is 9.47 Å². The van der Waals surface area contributed by atoms with Crippen LogP contribution in [0.1, 0.15) is 5.56 Å². The molecule has 2 aromatic rings. The van der Waals surface area contributed by atoms with Crippen LogP contribution in [0.5, 0.6) is 11.5 Å². The molecular weight excluding hydrogens is 383 g/mol. The van der Waals surface area contributed by atoms with Crippen LogP contribution in [0, 0.1) is 5.82 Å². The third-order valence-corrected chi connectivity index (χ3v) is 6.86. The van der Waals surface area contributed by atoms with Crippen molar-refractivity contribution in [3.8, 4) is 11.5 Å². The summed E-state index contributed by atoms with van der Waals surface area (Å²) >= 11 is 0. The van der Waals surface area contributed by atoms with Gasteiger partial charge in [-0.15, -0.1) is 0 Å². The highest BCUT2D eigenvalue weighted by atomic mass is 32.2. The lowest BCUT2D eigenvalue weighted by Gasteiger charge is -2.34. The van der Waals surface area contributed by atoms with E-state index in [9.17, 15) is 12.8 Å². The fraction of sp³-hybridized carbons (Fsp3) is 0.400. The highest BCUT2D eigenvalue weighted by Crippen LogP contribution is 2.24. The van der Waals surface area contributed by atoms with Gasteiger partial charge < -0.3 is 14.4 Å². The van der Waals surface area contributed by atoms with Gasteiger partial charge in [0.15, 0.2) is 11.6 Å². The maximum atomic E-state index is 13.6. The minimum atomic E-state index is -3.66. The summed E-state index contributed by atoms with van der Waals surface area (Å²) in [5.41, 5.74) is 1.22. The van der Waals surface area contributed by atoms with Crippen LogP contribution in [0.2, 0.25) is 0 Å². The molecule has 1 saturated heterocycles. The van der Waals surface area contributed by atoms with Crippen LogP contribution in [-0.4, -0.2) is 64.6 Å². The number of hydrogen-bond acceptors (Lipinski definition) is 5. The summed E-state index contributed by atoms with van der Waals surface area (Å²) in [7, 11) is -0.704. The van der Waals surface area contributed by atoms with E-state index in [2.05, 4.69) is 4.90 Å². The second kappa shape index (κ2) is 8.89. The molecule has 0 bridgehead atoms. The quantitative estimate of drug-likeness (QED) is 0.704. The molecule has 3 rings (SSSR count). The Morgan fingerprint density at radius 1 is 0.964 bits per heavy atom. The smallest absolute Gasteiger partial charge is 0.243 e. The summed E-state index contributed by atoms with van der Waals surface area (Å²) in [6.07, 6.45) is 0.895. The number of sulfonamides is 1. The molecule has 0 N–H and O–H groups in total. The van der Waals surface area contributed by atoms with Gasteiger partial charge in [-0.25, -0.2) is 12.8 Å². The Kier molecular flexibility index (Phi) is 6.53. The van der Waals surface area contributed by atoms with E-state index in [1.165, 1.54) is 29.1 Å². The first-order chi connectivity index (χ1) is 13.4. The predicted molar refractivity (Wildman–Crippen MR) is 105 cm³/mol. The first-order valence-electron chi connectivity index (χ1n) is 9.13. The molecule has 8 heteroatoms. The van der Waals surface area contributed by atoms with Crippen molar-refractivity contribution in [1.29, 1.82) is 0 Å². The van der Waals surface area contributed by atoms with Gasteiger partial charge in [-0.3, -0.25) is 0 Å². The molecule has 6 nitrogen and oxygen atoms in total. The Hall–Kier alpha value is -2.16. The number of piperazine rings is 1. The van der Waals surface area contributed by atoms with Gasteiger partial charge in [0.25, 0.3) is 0 Å². The lowest BCUT2D eigenvalue weighted by molar-refractivity contribution is 0.190. The molecule has 0 saturated carbocycles. The maximum Gasteiger partial charge on any atom is 0.243 e. The van der Waals surface area contributed by atoms with Crippen LogP contribution in [0.4, 0.5) is 4.39 Å². The average molecular weight is 408 g/mol. The Balaban J connectivity index is 1.56. The van der Waals surface area contributed by atoms with E-state index in [4.69, 9.17) is 9.47 Å². The lowest BCUT2D eigenvalue weighted by atomic mass is 10.1. The van der Waals surface area contributed by atoms with Crippen molar-refractivity contribution in [1.82, 2.24) is 9.21 Å². The zero-order valence-corrected chi connectivity index (χ0v) is 16.9. The van der Waals surface area contributed by atoms with Gasteiger partial charge >= 0.3 is 0 Å². The Morgan fingerprint density at radius 3 is 2.25 bits per heavy atom. The van der Waals surface area contributed by atoms with Crippen LogP contribution in [0.15, 0.2) is 47.4 Å². The Bertz CT molecular complexity index is 895. The maximum absolute atomic E-state index is 13.6. The monoisotopic (exact) mass is 408 g/mol. The summed E-state index contributed by atoms with van der Waals surface area (Å²) in [5.74, 6) is 0.184. The number of rotatable bonds is 7. The Morgan fingerprint density at radius 2 is 1.64 bits per heavy atom. The molecule has 1 aliphatic heterocycles. The van der Waals surface area contributed by atoms with E-state index in [-0.39, 0.29) is 10.6 Å². The van der Waals surface area contributed by atoms with Crippen LogP contribution in [-0.2, 0) is 16.4 Å². The minimum absolute atomic E-state index is 0.0532. The third-order valence-electron chi connectivity index (χ3n) is 4.97. The average Bonchev–Trinajstić information content (AvgIpc) is 2.73. The number of hydrogen-bond donors (Lipinski definition) is 0. The van der Waals surface area contributed by atoms with Gasteiger partial charge in [-0.1, -0.05) is 12.1 Å². The molecule has 0 atom stereocenters. The van der Waals surface area contributed by atoms with Crippen molar-refractivity contribution >= 4 is 10.0 Å². The predicted octanol–water partition coefficient (Wildman–Crippen LogP) is 2.39. The van der Waals surface area contributed by atoms with Gasteiger partial charge in [-0.2, -0.15) is 4.31 Å². The van der Waals surface area contributed by atoms with Gasteiger partial charge in [0, 0.05) is 38.8 Å². The topological polar surface area (TPSA) is 59.1 Å². The van der Waals surface area contributed by atoms with E-state index in [1.807, 2.05) is 24.3 Å².